The molecular weight excluding hydrogens is 204 g/mol. The molecule has 0 aromatic carbocycles. The number of carbonyl (C=O) groups is 1. The highest BCUT2D eigenvalue weighted by Crippen LogP contribution is 2.05. The monoisotopic (exact) mass is 216 g/mol. The maximum absolute atomic E-state index is 11.8. The zero-order valence-electron chi connectivity index (χ0n) is 9.00. The minimum absolute atomic E-state index is 0.0522. The van der Waals surface area contributed by atoms with Gasteiger partial charge in [0.2, 0.25) is 0 Å². The highest BCUT2D eigenvalue weighted by molar-refractivity contribution is 5.94. The van der Waals surface area contributed by atoms with Gasteiger partial charge in [-0.2, -0.15) is 0 Å². The van der Waals surface area contributed by atoms with E-state index in [-0.39, 0.29) is 5.78 Å². The van der Waals surface area contributed by atoms with E-state index in [2.05, 4.69) is 15.3 Å². The molecule has 5 nitrogen and oxygen atoms in total. The molecule has 0 radical (unpaired) electrons. The summed E-state index contributed by atoms with van der Waals surface area (Å²) in [5.74, 6) is 0.0522. The van der Waals surface area contributed by atoms with Crippen LogP contribution in [0.5, 0.6) is 0 Å². The van der Waals surface area contributed by atoms with E-state index in [1.165, 1.54) is 10.9 Å². The van der Waals surface area contributed by atoms with Crippen LogP contribution in [0.4, 0.5) is 0 Å². The van der Waals surface area contributed by atoms with Gasteiger partial charge in [0.15, 0.2) is 5.78 Å². The van der Waals surface area contributed by atoms with Gasteiger partial charge in [-0.25, -0.2) is 4.68 Å². The summed E-state index contributed by atoms with van der Waals surface area (Å²) in [5, 5.41) is 7.40. The summed E-state index contributed by atoms with van der Waals surface area (Å²) in [6.45, 7) is 0. The average molecular weight is 216 g/mol. The van der Waals surface area contributed by atoms with Crippen LogP contribution in [0.3, 0.4) is 0 Å². The highest BCUT2D eigenvalue weighted by Gasteiger charge is 2.10. The molecule has 2 rings (SSSR count). The Kier molecular flexibility index (Phi) is 3.05. The third-order valence-corrected chi connectivity index (χ3v) is 2.36. The molecule has 2 aromatic rings. The molecule has 2 aromatic heterocycles. The maximum Gasteiger partial charge on any atom is 0.182 e. The van der Waals surface area contributed by atoms with E-state index in [9.17, 15) is 4.79 Å². The Bertz CT molecular complexity index is 478. The van der Waals surface area contributed by atoms with Gasteiger partial charge in [-0.05, 0) is 18.1 Å². The summed E-state index contributed by atoms with van der Waals surface area (Å²) in [7, 11) is 1.71. The van der Waals surface area contributed by atoms with Crippen molar-refractivity contribution in [2.45, 2.75) is 12.8 Å². The minimum Gasteiger partial charge on any atom is -0.292 e. The second-order valence-corrected chi connectivity index (χ2v) is 3.53. The topological polar surface area (TPSA) is 60.7 Å². The predicted molar refractivity (Wildman–Crippen MR) is 57.9 cm³/mol. The first-order valence-electron chi connectivity index (χ1n) is 5.04. The fourth-order valence-electron chi connectivity index (χ4n) is 1.47. The molecule has 0 saturated carbocycles. The van der Waals surface area contributed by atoms with Gasteiger partial charge in [0, 0.05) is 25.9 Å². The van der Waals surface area contributed by atoms with Gasteiger partial charge in [0.25, 0.3) is 0 Å². The lowest BCUT2D eigenvalue weighted by atomic mass is 10.1. The standard InChI is InChI=1S/C11H12N4O/c1-15-10(8-13-14-15)11(16)5-4-9-3-2-6-12-7-9/h2-3,6-8H,4-5H2,1H3. The summed E-state index contributed by atoms with van der Waals surface area (Å²) >= 11 is 0. The lowest BCUT2D eigenvalue weighted by Gasteiger charge is -2.00. The van der Waals surface area contributed by atoms with Crippen molar-refractivity contribution in [1.29, 1.82) is 0 Å². The Hall–Kier alpha value is -2.04. The fraction of sp³-hybridized carbons (Fsp3) is 0.273. The van der Waals surface area contributed by atoms with Crippen molar-refractivity contribution in [3.63, 3.8) is 0 Å². The van der Waals surface area contributed by atoms with Crippen LogP contribution in [-0.4, -0.2) is 25.8 Å². The van der Waals surface area contributed by atoms with E-state index in [0.29, 0.717) is 18.5 Å². The van der Waals surface area contributed by atoms with E-state index < -0.39 is 0 Å². The Morgan fingerprint density at radius 1 is 1.44 bits per heavy atom. The van der Waals surface area contributed by atoms with E-state index in [1.807, 2.05) is 12.1 Å². The largest absolute Gasteiger partial charge is 0.292 e. The van der Waals surface area contributed by atoms with Gasteiger partial charge in [0.05, 0.1) is 6.20 Å². The Balaban J connectivity index is 1.97. The third-order valence-electron chi connectivity index (χ3n) is 2.36. The number of aromatic nitrogens is 4. The van der Waals surface area contributed by atoms with Gasteiger partial charge in [-0.1, -0.05) is 11.3 Å². The van der Waals surface area contributed by atoms with Gasteiger partial charge in [-0.15, -0.1) is 5.10 Å². The molecule has 82 valence electrons. The molecule has 2 heterocycles. The summed E-state index contributed by atoms with van der Waals surface area (Å²) < 4.78 is 1.49. The van der Waals surface area contributed by atoms with Gasteiger partial charge < -0.3 is 0 Å². The molecule has 5 heteroatoms. The number of ketones is 1. The van der Waals surface area contributed by atoms with Crippen molar-refractivity contribution in [3.05, 3.63) is 42.0 Å². The van der Waals surface area contributed by atoms with E-state index >= 15 is 0 Å². The van der Waals surface area contributed by atoms with Crippen LogP contribution < -0.4 is 0 Å². The molecule has 0 saturated heterocycles. The summed E-state index contributed by atoms with van der Waals surface area (Å²) in [6, 6.07) is 3.83. The van der Waals surface area contributed by atoms with Gasteiger partial charge in [0.1, 0.15) is 5.69 Å². The molecular formula is C11H12N4O. The molecule has 0 aliphatic carbocycles. The van der Waals surface area contributed by atoms with Crippen LogP contribution in [0.15, 0.2) is 30.7 Å². The second-order valence-electron chi connectivity index (χ2n) is 3.53. The highest BCUT2D eigenvalue weighted by atomic mass is 16.1. The summed E-state index contributed by atoms with van der Waals surface area (Å²) in [5.41, 5.74) is 1.61. The smallest absolute Gasteiger partial charge is 0.182 e. The Morgan fingerprint density at radius 3 is 2.94 bits per heavy atom. The van der Waals surface area contributed by atoms with E-state index in [1.54, 1.807) is 19.4 Å². The van der Waals surface area contributed by atoms with Crippen LogP contribution in [0.25, 0.3) is 0 Å². The van der Waals surface area contributed by atoms with E-state index in [4.69, 9.17) is 0 Å². The Morgan fingerprint density at radius 2 is 2.31 bits per heavy atom. The summed E-state index contributed by atoms with van der Waals surface area (Å²) in [4.78, 5) is 15.8. The molecule has 0 unspecified atom stereocenters. The number of carbonyl (C=O) groups excluding carboxylic acids is 1. The predicted octanol–water partition coefficient (Wildman–Crippen LogP) is 1.03. The lowest BCUT2D eigenvalue weighted by Crippen LogP contribution is -2.07. The first-order valence-corrected chi connectivity index (χ1v) is 5.04. The normalized spacial score (nSPS) is 10.3. The van der Waals surface area contributed by atoms with Crippen LogP contribution in [-0.2, 0) is 13.5 Å². The van der Waals surface area contributed by atoms with Crippen molar-refractivity contribution in [2.24, 2.45) is 7.05 Å². The Labute approximate surface area is 93.1 Å². The number of hydrogen-bond acceptors (Lipinski definition) is 4. The molecule has 0 aliphatic heterocycles. The van der Waals surface area contributed by atoms with Crippen LogP contribution >= 0.6 is 0 Å². The van der Waals surface area contributed by atoms with Crippen LogP contribution in [0.2, 0.25) is 0 Å². The van der Waals surface area contributed by atoms with Crippen LogP contribution in [0.1, 0.15) is 22.5 Å². The number of pyridine rings is 1. The molecule has 0 fully saturated rings. The fourth-order valence-corrected chi connectivity index (χ4v) is 1.47. The van der Waals surface area contributed by atoms with Crippen molar-refractivity contribution >= 4 is 5.78 Å². The zero-order valence-corrected chi connectivity index (χ0v) is 9.00. The minimum atomic E-state index is 0.0522. The SMILES string of the molecule is Cn1nncc1C(=O)CCc1cccnc1. The molecule has 0 N–H and O–H groups in total. The van der Waals surface area contributed by atoms with Crippen molar-refractivity contribution in [1.82, 2.24) is 20.0 Å². The van der Waals surface area contributed by atoms with Gasteiger partial charge in [-0.3, -0.25) is 9.78 Å². The van der Waals surface area contributed by atoms with Gasteiger partial charge >= 0.3 is 0 Å². The third kappa shape index (κ3) is 2.31. The van der Waals surface area contributed by atoms with Crippen molar-refractivity contribution < 1.29 is 4.79 Å². The van der Waals surface area contributed by atoms with Crippen molar-refractivity contribution in [3.8, 4) is 0 Å². The molecule has 0 aliphatic rings. The molecule has 0 amide bonds. The summed E-state index contributed by atoms with van der Waals surface area (Å²) in [6.07, 6.45) is 6.13. The number of Topliss-reactive ketones (excluding diaryl/α,β-unsaturated/α-hetero) is 1. The number of rotatable bonds is 4. The molecule has 0 spiro atoms. The first kappa shape index (κ1) is 10.5. The quantitative estimate of drug-likeness (QED) is 0.716. The van der Waals surface area contributed by atoms with Crippen molar-refractivity contribution in [2.75, 3.05) is 0 Å². The lowest BCUT2D eigenvalue weighted by molar-refractivity contribution is 0.0973. The van der Waals surface area contributed by atoms with Crippen LogP contribution in [0, 0.1) is 0 Å². The molecule has 0 atom stereocenters. The van der Waals surface area contributed by atoms with E-state index in [0.717, 1.165) is 5.56 Å². The molecule has 0 bridgehead atoms. The zero-order chi connectivity index (χ0) is 11.4. The maximum atomic E-state index is 11.8. The average Bonchev–Trinajstić information content (AvgIpc) is 2.74. The number of hydrogen-bond donors (Lipinski definition) is 0. The number of aryl methyl sites for hydroxylation is 2. The second kappa shape index (κ2) is 4.65. The molecule has 16 heavy (non-hydrogen) atoms. The first-order chi connectivity index (χ1) is 7.77. The number of nitrogens with zero attached hydrogens (tertiary/aromatic N) is 4.